The topological polar surface area (TPSA) is 26.3 Å². The van der Waals surface area contributed by atoms with E-state index in [1.165, 1.54) is 44.9 Å². The molecule has 2 nitrogen and oxygen atoms in total. The minimum atomic E-state index is -0.120. The Morgan fingerprint density at radius 1 is 1.00 bits per heavy atom. The lowest BCUT2D eigenvalue weighted by molar-refractivity contribution is -0.142. The first-order valence-electron chi connectivity index (χ1n) is 9.58. The van der Waals surface area contributed by atoms with Gasteiger partial charge in [-0.05, 0) is 74.0 Å². The quantitative estimate of drug-likeness (QED) is 0.707. The Balaban J connectivity index is 1.65. The van der Waals surface area contributed by atoms with Crippen molar-refractivity contribution in [3.8, 4) is 0 Å². The van der Waals surface area contributed by atoms with Crippen LogP contribution in [0.3, 0.4) is 0 Å². The number of carbonyl (C=O) groups excluding carboxylic acids is 1. The first-order valence-corrected chi connectivity index (χ1v) is 9.58. The molecular weight excluding hydrogens is 272 g/mol. The van der Waals surface area contributed by atoms with E-state index in [1.807, 2.05) is 0 Å². The van der Waals surface area contributed by atoms with Crippen LogP contribution >= 0.6 is 0 Å². The van der Waals surface area contributed by atoms with E-state index in [9.17, 15) is 4.79 Å². The van der Waals surface area contributed by atoms with Gasteiger partial charge in [0.15, 0.2) is 5.78 Å². The third-order valence-corrected chi connectivity index (χ3v) is 8.58. The zero-order chi connectivity index (χ0) is 15.5. The van der Waals surface area contributed by atoms with Gasteiger partial charge in [-0.1, -0.05) is 26.7 Å². The van der Waals surface area contributed by atoms with E-state index in [2.05, 4.69) is 13.8 Å². The van der Waals surface area contributed by atoms with Crippen molar-refractivity contribution in [3.63, 3.8) is 0 Å². The van der Waals surface area contributed by atoms with Crippen molar-refractivity contribution in [1.29, 1.82) is 0 Å². The van der Waals surface area contributed by atoms with Crippen LogP contribution in [0.4, 0.5) is 0 Å². The molecule has 0 amide bonds. The summed E-state index contributed by atoms with van der Waals surface area (Å²) >= 11 is 0. The fourth-order valence-corrected chi connectivity index (χ4v) is 7.26. The first kappa shape index (κ1) is 15.2. The van der Waals surface area contributed by atoms with Gasteiger partial charge in [0, 0.05) is 12.5 Å². The number of methoxy groups -OCH3 is 1. The van der Waals surface area contributed by atoms with Gasteiger partial charge in [-0.3, -0.25) is 4.79 Å². The molecule has 0 aliphatic heterocycles. The summed E-state index contributed by atoms with van der Waals surface area (Å²) in [7, 11) is 1.72. The highest BCUT2D eigenvalue weighted by Gasteiger charge is 2.62. The van der Waals surface area contributed by atoms with Crippen molar-refractivity contribution in [2.75, 3.05) is 7.11 Å². The van der Waals surface area contributed by atoms with Gasteiger partial charge in [-0.2, -0.15) is 0 Å². The van der Waals surface area contributed by atoms with Crippen molar-refractivity contribution >= 4 is 5.78 Å². The normalized spacial score (nSPS) is 54.5. The number of fused-ring (bicyclic) bond motifs is 5. The Hall–Kier alpha value is -0.370. The molecule has 4 saturated carbocycles. The summed E-state index contributed by atoms with van der Waals surface area (Å²) in [5.41, 5.74) is 0.483. The average Bonchev–Trinajstić information content (AvgIpc) is 2.78. The van der Waals surface area contributed by atoms with Crippen molar-refractivity contribution in [2.45, 2.75) is 77.7 Å². The molecule has 0 heterocycles. The van der Waals surface area contributed by atoms with Crippen LogP contribution in [0, 0.1) is 34.5 Å². The van der Waals surface area contributed by atoms with E-state index in [4.69, 9.17) is 4.74 Å². The molecule has 124 valence electrons. The third-order valence-electron chi connectivity index (χ3n) is 8.58. The smallest absolute Gasteiger partial charge is 0.167 e. The summed E-state index contributed by atoms with van der Waals surface area (Å²) in [5, 5.41) is 0. The zero-order valence-corrected chi connectivity index (χ0v) is 14.6. The molecule has 0 radical (unpaired) electrons. The molecule has 4 fully saturated rings. The predicted octanol–water partition coefficient (Wildman–Crippen LogP) is 4.61. The van der Waals surface area contributed by atoms with Gasteiger partial charge in [0.2, 0.25) is 0 Å². The molecule has 0 spiro atoms. The molecule has 2 heteroatoms. The van der Waals surface area contributed by atoms with Crippen LogP contribution in [0.2, 0.25) is 0 Å². The van der Waals surface area contributed by atoms with E-state index >= 15 is 0 Å². The lowest BCUT2D eigenvalue weighted by atomic mass is 9.45. The van der Waals surface area contributed by atoms with Gasteiger partial charge in [-0.25, -0.2) is 0 Å². The second kappa shape index (κ2) is 5.06. The molecule has 0 bridgehead atoms. The maximum absolute atomic E-state index is 12.8. The van der Waals surface area contributed by atoms with Gasteiger partial charge in [-0.15, -0.1) is 0 Å². The number of rotatable bonds is 1. The van der Waals surface area contributed by atoms with Crippen LogP contribution in [-0.4, -0.2) is 19.0 Å². The van der Waals surface area contributed by atoms with Gasteiger partial charge < -0.3 is 4.74 Å². The van der Waals surface area contributed by atoms with Crippen molar-refractivity contribution < 1.29 is 9.53 Å². The minimum Gasteiger partial charge on any atom is -0.374 e. The molecular formula is C20H32O2. The zero-order valence-electron chi connectivity index (χ0n) is 14.6. The third kappa shape index (κ3) is 1.85. The number of Topliss-reactive ketones (excluding diaryl/α,β-unsaturated/α-hetero) is 1. The van der Waals surface area contributed by atoms with Crippen molar-refractivity contribution in [3.05, 3.63) is 0 Å². The number of carbonyl (C=O) groups is 1. The van der Waals surface area contributed by atoms with Crippen LogP contribution in [-0.2, 0) is 9.53 Å². The standard InChI is InChI=1S/C20H32O2/c1-19-10-5-4-6-13(19)7-8-14-15(19)9-11-20(2)16(14)12-17(22-3)18(20)21/h13-17H,4-12H2,1-3H3/t13-,14-,15+,16+,17+,19+,20+/m1/s1. The molecule has 4 rings (SSSR count). The fourth-order valence-electron chi connectivity index (χ4n) is 7.26. The fraction of sp³-hybridized carbons (Fsp3) is 0.950. The first-order chi connectivity index (χ1) is 10.5. The van der Waals surface area contributed by atoms with Gasteiger partial charge >= 0.3 is 0 Å². The van der Waals surface area contributed by atoms with Crippen LogP contribution in [0.5, 0.6) is 0 Å². The van der Waals surface area contributed by atoms with Gasteiger partial charge in [0.1, 0.15) is 6.10 Å². The maximum atomic E-state index is 12.8. The summed E-state index contributed by atoms with van der Waals surface area (Å²) in [6, 6.07) is 0. The molecule has 4 aliphatic carbocycles. The Morgan fingerprint density at radius 3 is 2.59 bits per heavy atom. The highest BCUT2D eigenvalue weighted by Crippen LogP contribution is 2.65. The molecule has 0 unspecified atom stereocenters. The highest BCUT2D eigenvalue weighted by atomic mass is 16.5. The monoisotopic (exact) mass is 304 g/mol. The average molecular weight is 304 g/mol. The Bertz CT molecular complexity index is 472. The number of ether oxygens (including phenoxy) is 1. The van der Waals surface area contributed by atoms with Crippen LogP contribution < -0.4 is 0 Å². The second-order valence-corrected chi connectivity index (χ2v) is 9.18. The summed E-state index contributed by atoms with van der Waals surface area (Å²) in [6.07, 6.45) is 11.8. The molecule has 22 heavy (non-hydrogen) atoms. The van der Waals surface area contributed by atoms with Crippen LogP contribution in [0.1, 0.15) is 71.6 Å². The Kier molecular flexibility index (Phi) is 3.49. The van der Waals surface area contributed by atoms with E-state index in [0.717, 1.165) is 30.6 Å². The van der Waals surface area contributed by atoms with Crippen molar-refractivity contribution in [2.24, 2.45) is 34.5 Å². The second-order valence-electron chi connectivity index (χ2n) is 9.18. The maximum Gasteiger partial charge on any atom is 0.167 e. The van der Waals surface area contributed by atoms with Crippen LogP contribution in [0.15, 0.2) is 0 Å². The lowest BCUT2D eigenvalue weighted by Crippen LogP contribution is -2.52. The SMILES string of the molecule is CO[C@H]1C[C@H]2[C@@H]3CC[C@H]4CCCC[C@]4(C)[C@H]3CC[C@]2(C)C1=O. The molecule has 4 aliphatic rings. The molecule has 0 N–H and O–H groups in total. The van der Waals surface area contributed by atoms with Crippen molar-refractivity contribution in [1.82, 2.24) is 0 Å². The molecule has 0 aromatic carbocycles. The van der Waals surface area contributed by atoms with E-state index in [0.29, 0.717) is 17.1 Å². The van der Waals surface area contributed by atoms with E-state index < -0.39 is 0 Å². The largest absolute Gasteiger partial charge is 0.374 e. The summed E-state index contributed by atoms with van der Waals surface area (Å²) in [5.74, 6) is 3.61. The summed E-state index contributed by atoms with van der Waals surface area (Å²) in [4.78, 5) is 12.8. The summed E-state index contributed by atoms with van der Waals surface area (Å²) < 4.78 is 5.54. The van der Waals surface area contributed by atoms with E-state index in [-0.39, 0.29) is 11.5 Å². The van der Waals surface area contributed by atoms with Gasteiger partial charge in [0.05, 0.1) is 0 Å². The predicted molar refractivity (Wildman–Crippen MR) is 87.5 cm³/mol. The van der Waals surface area contributed by atoms with Gasteiger partial charge in [0.25, 0.3) is 0 Å². The number of ketones is 1. The van der Waals surface area contributed by atoms with E-state index in [1.54, 1.807) is 7.11 Å². The highest BCUT2D eigenvalue weighted by molar-refractivity contribution is 5.91. The lowest BCUT2D eigenvalue weighted by Gasteiger charge is -2.59. The number of hydrogen-bond donors (Lipinski definition) is 0. The molecule has 0 saturated heterocycles. The molecule has 7 atom stereocenters. The molecule has 0 aromatic heterocycles. The number of hydrogen-bond acceptors (Lipinski definition) is 2. The Labute approximate surface area is 135 Å². The van der Waals surface area contributed by atoms with Crippen LogP contribution in [0.25, 0.3) is 0 Å². The summed E-state index contributed by atoms with van der Waals surface area (Å²) in [6.45, 7) is 4.85. The minimum absolute atomic E-state index is 0.0836. The molecule has 0 aromatic rings. The Morgan fingerprint density at radius 2 is 1.82 bits per heavy atom.